The number of fused-ring (bicyclic) bond motifs is 1. The minimum atomic E-state index is -0.574. The molecule has 0 aromatic rings. The number of pyridine rings is 1. The third-order valence-electron chi connectivity index (χ3n) is 2.76. The first-order chi connectivity index (χ1) is 9.52. The van der Waals surface area contributed by atoms with E-state index < -0.39 is 5.97 Å². The smallest absolute Gasteiger partial charge is 0.341 e. The van der Waals surface area contributed by atoms with Crippen LogP contribution in [0, 0.1) is 0 Å². The van der Waals surface area contributed by atoms with Gasteiger partial charge in [-0.3, -0.25) is 9.59 Å². The van der Waals surface area contributed by atoms with Crippen LogP contribution in [-0.2, 0) is 16.1 Å². The molecule has 2 aliphatic heterocycles. The zero-order chi connectivity index (χ0) is 14.7. The van der Waals surface area contributed by atoms with Gasteiger partial charge in [0, 0.05) is 32.4 Å². The molecule has 0 aromatic carbocycles. The van der Waals surface area contributed by atoms with Crippen LogP contribution < -0.4 is 10.9 Å². The van der Waals surface area contributed by atoms with Gasteiger partial charge in [-0.05, 0) is 0 Å². The fraction of sp³-hybridized carbons (Fsp3) is 0.333. The van der Waals surface area contributed by atoms with Crippen LogP contribution in [0.4, 0.5) is 0 Å². The average Bonchev–Trinajstić information content (AvgIpc) is 2.78. The molecule has 2 rings (SSSR count). The molecular formula is C12H14N4O4. The van der Waals surface area contributed by atoms with E-state index in [2.05, 4.69) is 20.3 Å². The van der Waals surface area contributed by atoms with Gasteiger partial charge < -0.3 is 14.6 Å². The maximum absolute atomic E-state index is 11.7. The van der Waals surface area contributed by atoms with Crippen molar-refractivity contribution in [2.45, 2.75) is 13.5 Å². The van der Waals surface area contributed by atoms with E-state index in [1.807, 2.05) is 0 Å². The minimum absolute atomic E-state index is 0.146. The second kappa shape index (κ2) is 5.55. The molecule has 106 valence electrons. The maximum Gasteiger partial charge on any atom is 0.341 e. The van der Waals surface area contributed by atoms with Gasteiger partial charge in [0.25, 0.3) is 5.56 Å². The largest absolute Gasteiger partial charge is 0.465 e. The molecule has 8 nitrogen and oxygen atoms in total. The van der Waals surface area contributed by atoms with Crippen LogP contribution in [-0.4, -0.2) is 40.3 Å². The van der Waals surface area contributed by atoms with Crippen molar-refractivity contribution >= 4 is 11.9 Å². The normalized spacial score (nSPS) is 10.5. The molecule has 0 saturated carbocycles. The molecule has 0 radical (unpaired) electrons. The predicted octanol–water partition coefficient (Wildman–Crippen LogP) is -0.401. The van der Waals surface area contributed by atoms with Gasteiger partial charge in [0.05, 0.1) is 12.7 Å². The van der Waals surface area contributed by atoms with Crippen molar-refractivity contribution in [1.82, 2.24) is 20.1 Å². The summed E-state index contributed by atoms with van der Waals surface area (Å²) in [4.78, 5) is 34.2. The molecule has 0 aromatic heterocycles. The van der Waals surface area contributed by atoms with E-state index in [1.54, 1.807) is 10.8 Å². The second-order valence-corrected chi connectivity index (χ2v) is 4.20. The van der Waals surface area contributed by atoms with Crippen molar-refractivity contribution < 1.29 is 14.3 Å². The number of nitrogens with one attached hydrogen (secondary N) is 2. The highest BCUT2D eigenvalue weighted by atomic mass is 16.5. The summed E-state index contributed by atoms with van der Waals surface area (Å²) in [5.74, 6) is -0.719. The maximum atomic E-state index is 11.7. The Morgan fingerprint density at radius 3 is 2.85 bits per heavy atom. The summed E-state index contributed by atoms with van der Waals surface area (Å²) >= 11 is 0. The fourth-order valence-corrected chi connectivity index (χ4v) is 1.84. The van der Waals surface area contributed by atoms with Crippen molar-refractivity contribution in [3.8, 4) is 11.3 Å². The van der Waals surface area contributed by atoms with Crippen LogP contribution in [0.25, 0.3) is 11.3 Å². The number of carbonyl (C=O) groups is 2. The number of aromatic nitrogens is 3. The summed E-state index contributed by atoms with van der Waals surface area (Å²) in [6.07, 6.45) is 3.12. The molecule has 0 fully saturated rings. The molecule has 0 spiro atoms. The number of hydrogen-bond acceptors (Lipinski definition) is 5. The fourth-order valence-electron chi connectivity index (χ4n) is 1.84. The number of esters is 1. The number of carbonyl (C=O) groups excluding carboxylic acids is 2. The molecule has 8 heteroatoms. The van der Waals surface area contributed by atoms with E-state index >= 15 is 0 Å². The van der Waals surface area contributed by atoms with Crippen LogP contribution in [0.15, 0.2) is 17.2 Å². The van der Waals surface area contributed by atoms with Crippen molar-refractivity contribution in [1.29, 1.82) is 0 Å². The van der Waals surface area contributed by atoms with E-state index in [4.69, 9.17) is 0 Å². The SMILES string of the molecule is COC(=O)c1cn(CCNC(C)=O)cc2c(=O)[nH]nc1-2. The van der Waals surface area contributed by atoms with Crippen LogP contribution >= 0.6 is 0 Å². The zero-order valence-electron chi connectivity index (χ0n) is 11.1. The molecule has 2 aliphatic rings. The van der Waals surface area contributed by atoms with Gasteiger partial charge >= 0.3 is 5.97 Å². The van der Waals surface area contributed by atoms with Crippen LogP contribution in [0.3, 0.4) is 0 Å². The van der Waals surface area contributed by atoms with Gasteiger partial charge in [-0.1, -0.05) is 0 Å². The number of rotatable bonds is 4. The third-order valence-corrected chi connectivity index (χ3v) is 2.76. The number of amides is 1. The van der Waals surface area contributed by atoms with Gasteiger partial charge in [-0.25, -0.2) is 9.89 Å². The summed E-state index contributed by atoms with van der Waals surface area (Å²) in [5, 5.41) is 8.75. The number of ether oxygens (including phenoxy) is 1. The van der Waals surface area contributed by atoms with E-state index in [1.165, 1.54) is 20.2 Å². The number of hydrogen-bond donors (Lipinski definition) is 2. The van der Waals surface area contributed by atoms with Crippen molar-refractivity contribution in [2.24, 2.45) is 0 Å². The van der Waals surface area contributed by atoms with E-state index in [0.29, 0.717) is 18.7 Å². The summed E-state index contributed by atoms with van der Waals surface area (Å²) < 4.78 is 6.31. The molecule has 2 heterocycles. The predicted molar refractivity (Wildman–Crippen MR) is 69.5 cm³/mol. The van der Waals surface area contributed by atoms with Gasteiger partial charge in [-0.15, -0.1) is 0 Å². The highest BCUT2D eigenvalue weighted by molar-refractivity contribution is 5.95. The highest BCUT2D eigenvalue weighted by Gasteiger charge is 2.21. The molecule has 0 unspecified atom stereocenters. The lowest BCUT2D eigenvalue weighted by atomic mass is 10.1. The molecule has 2 N–H and O–H groups in total. The van der Waals surface area contributed by atoms with Gasteiger partial charge in [0.1, 0.15) is 11.3 Å². The Balaban J connectivity index is 2.37. The van der Waals surface area contributed by atoms with Crippen LogP contribution in [0.2, 0.25) is 0 Å². The quantitative estimate of drug-likeness (QED) is 0.740. The second-order valence-electron chi connectivity index (χ2n) is 4.20. The lowest BCUT2D eigenvalue weighted by Gasteiger charge is -2.11. The van der Waals surface area contributed by atoms with E-state index in [9.17, 15) is 14.4 Å². The Morgan fingerprint density at radius 1 is 1.45 bits per heavy atom. The van der Waals surface area contributed by atoms with E-state index in [-0.39, 0.29) is 22.7 Å². The Kier molecular flexibility index (Phi) is 3.83. The standard InChI is InChI=1S/C12H14N4O4/c1-7(17)13-3-4-16-5-8-10(14-15-11(8)18)9(6-16)12(19)20-2/h5-6H,3-4H2,1-2H3,(H,13,17)(H,15,18). The van der Waals surface area contributed by atoms with Crippen LogP contribution in [0.1, 0.15) is 17.3 Å². The first kappa shape index (κ1) is 13.8. The summed E-state index contributed by atoms with van der Waals surface area (Å²) in [6.45, 7) is 2.22. The third kappa shape index (κ3) is 2.68. The number of aromatic amines is 1. The van der Waals surface area contributed by atoms with Gasteiger partial charge in [0.2, 0.25) is 5.91 Å². The van der Waals surface area contributed by atoms with Crippen LogP contribution in [0.5, 0.6) is 0 Å². The Labute approximate surface area is 114 Å². The van der Waals surface area contributed by atoms with Gasteiger partial charge in [0.15, 0.2) is 0 Å². The minimum Gasteiger partial charge on any atom is -0.465 e. The average molecular weight is 278 g/mol. The monoisotopic (exact) mass is 278 g/mol. The van der Waals surface area contributed by atoms with Gasteiger partial charge in [-0.2, -0.15) is 5.10 Å². The molecule has 0 aliphatic carbocycles. The highest BCUT2D eigenvalue weighted by Crippen LogP contribution is 2.20. The first-order valence-electron chi connectivity index (χ1n) is 5.94. The molecular weight excluding hydrogens is 264 g/mol. The summed E-state index contributed by atoms with van der Waals surface area (Å²) in [6, 6.07) is 0. The van der Waals surface area contributed by atoms with Crippen molar-refractivity contribution in [3.05, 3.63) is 28.3 Å². The number of methoxy groups -OCH3 is 1. The molecule has 1 amide bonds. The van der Waals surface area contributed by atoms with Crippen molar-refractivity contribution in [3.63, 3.8) is 0 Å². The zero-order valence-corrected chi connectivity index (χ0v) is 11.1. The Morgan fingerprint density at radius 2 is 2.20 bits per heavy atom. The summed E-state index contributed by atoms with van der Waals surface area (Å²) in [5.41, 5.74) is 0.401. The topological polar surface area (TPSA) is 106 Å². The number of nitrogens with zero attached hydrogens (tertiary/aromatic N) is 2. The Hall–Kier alpha value is -2.64. The van der Waals surface area contributed by atoms with E-state index in [0.717, 1.165) is 0 Å². The summed E-state index contributed by atoms with van der Waals surface area (Å²) in [7, 11) is 1.26. The molecule has 0 bridgehead atoms. The Bertz CT molecular complexity index is 673. The molecule has 0 atom stereocenters. The molecule has 20 heavy (non-hydrogen) atoms. The molecule has 0 saturated heterocycles. The lowest BCUT2D eigenvalue weighted by molar-refractivity contribution is -0.118. The van der Waals surface area contributed by atoms with Crippen molar-refractivity contribution in [2.75, 3.05) is 13.7 Å². The number of H-pyrrole nitrogens is 1. The first-order valence-corrected chi connectivity index (χ1v) is 5.94. The lowest BCUT2D eigenvalue weighted by Crippen LogP contribution is -2.25.